The molecule has 1 atom stereocenters. The lowest BCUT2D eigenvalue weighted by molar-refractivity contribution is -0.118. The van der Waals surface area contributed by atoms with E-state index in [0.29, 0.717) is 15.6 Å². The van der Waals surface area contributed by atoms with E-state index in [0.717, 1.165) is 11.8 Å². The number of amides is 1. The Labute approximate surface area is 135 Å². The average Bonchev–Trinajstić information content (AvgIpc) is 2.99. The number of nitrogens with one attached hydrogen (secondary N) is 1. The number of carbonyl (C=O) groups excluding carboxylic acids is 1. The van der Waals surface area contributed by atoms with E-state index in [4.69, 9.17) is 11.6 Å². The van der Waals surface area contributed by atoms with Crippen molar-refractivity contribution in [1.29, 1.82) is 0 Å². The maximum atomic E-state index is 12.4. The summed E-state index contributed by atoms with van der Waals surface area (Å²) in [7, 11) is 0. The summed E-state index contributed by atoms with van der Waals surface area (Å²) < 4.78 is 26.4. The van der Waals surface area contributed by atoms with Crippen LogP contribution in [0.3, 0.4) is 0 Å². The number of nitrogens with zero attached hydrogens (tertiary/aromatic N) is 2. The summed E-state index contributed by atoms with van der Waals surface area (Å²) in [5, 5.41) is 3.06. The van der Waals surface area contributed by atoms with E-state index in [-0.39, 0.29) is 11.7 Å². The quantitative estimate of drug-likeness (QED) is 0.802. The second-order valence-electron chi connectivity index (χ2n) is 4.49. The standard InChI is InChI=1S/C14H14ClF2N3OS/c1-9(20-6-5-18-8-20)14(21)19-11-4-2-3-10(15)13(11)22-7-12(16)17/h2-6,8-9,12H,7H2,1H3,(H,19,21)/t9-/m0/s1. The number of hydrogen-bond donors (Lipinski definition) is 1. The highest BCUT2D eigenvalue weighted by Gasteiger charge is 2.18. The van der Waals surface area contributed by atoms with Gasteiger partial charge < -0.3 is 9.88 Å². The van der Waals surface area contributed by atoms with E-state index in [9.17, 15) is 13.6 Å². The Bertz CT molecular complexity index is 637. The Hall–Kier alpha value is -1.60. The maximum absolute atomic E-state index is 12.4. The van der Waals surface area contributed by atoms with Crippen molar-refractivity contribution >= 4 is 35.0 Å². The SMILES string of the molecule is C[C@@H](C(=O)Nc1cccc(Cl)c1SCC(F)F)n1ccnc1. The smallest absolute Gasteiger partial charge is 0.247 e. The molecule has 0 bridgehead atoms. The van der Waals surface area contributed by atoms with Gasteiger partial charge in [0.05, 0.1) is 22.8 Å². The third-order valence-electron chi connectivity index (χ3n) is 2.93. The van der Waals surface area contributed by atoms with Crippen molar-refractivity contribution in [3.63, 3.8) is 0 Å². The van der Waals surface area contributed by atoms with Crippen molar-refractivity contribution in [1.82, 2.24) is 9.55 Å². The highest BCUT2D eigenvalue weighted by molar-refractivity contribution is 7.99. The number of aromatic nitrogens is 2. The molecule has 0 saturated carbocycles. The molecule has 0 fully saturated rings. The first-order valence-corrected chi connectivity index (χ1v) is 7.83. The first-order valence-electron chi connectivity index (χ1n) is 6.46. The van der Waals surface area contributed by atoms with Crippen LogP contribution < -0.4 is 5.32 Å². The van der Waals surface area contributed by atoms with Gasteiger partial charge in [0, 0.05) is 17.3 Å². The lowest BCUT2D eigenvalue weighted by Crippen LogP contribution is -2.23. The number of hydrogen-bond acceptors (Lipinski definition) is 3. The van der Waals surface area contributed by atoms with Crippen molar-refractivity contribution in [3.05, 3.63) is 41.9 Å². The van der Waals surface area contributed by atoms with Crippen LogP contribution in [-0.4, -0.2) is 27.6 Å². The maximum Gasteiger partial charge on any atom is 0.247 e. The van der Waals surface area contributed by atoms with Gasteiger partial charge in [-0.05, 0) is 19.1 Å². The van der Waals surface area contributed by atoms with Crippen molar-refractivity contribution in [2.24, 2.45) is 0 Å². The molecule has 4 nitrogen and oxygen atoms in total. The Kier molecular flexibility index (Phi) is 5.79. The van der Waals surface area contributed by atoms with Gasteiger partial charge in [0.1, 0.15) is 6.04 Å². The Morgan fingerprint density at radius 3 is 2.91 bits per heavy atom. The zero-order chi connectivity index (χ0) is 16.1. The number of benzene rings is 1. The van der Waals surface area contributed by atoms with Gasteiger partial charge >= 0.3 is 0 Å². The predicted molar refractivity (Wildman–Crippen MR) is 83.7 cm³/mol. The molecule has 8 heteroatoms. The molecule has 1 amide bonds. The van der Waals surface area contributed by atoms with Gasteiger partial charge in [0.2, 0.25) is 12.3 Å². The van der Waals surface area contributed by atoms with Gasteiger partial charge in [-0.25, -0.2) is 13.8 Å². The van der Waals surface area contributed by atoms with Crippen LogP contribution in [0.2, 0.25) is 5.02 Å². The lowest BCUT2D eigenvalue weighted by atomic mass is 10.2. The number of carbonyl (C=O) groups is 1. The summed E-state index contributed by atoms with van der Waals surface area (Å²) >= 11 is 6.96. The molecule has 0 aliphatic heterocycles. The van der Waals surface area contributed by atoms with Crippen molar-refractivity contribution < 1.29 is 13.6 Å². The topological polar surface area (TPSA) is 46.9 Å². The zero-order valence-corrected chi connectivity index (χ0v) is 13.2. The molecule has 1 aromatic carbocycles. The predicted octanol–water partition coefficient (Wildman–Crippen LogP) is 4.09. The third kappa shape index (κ3) is 4.20. The minimum absolute atomic E-state index is 0.279. The molecule has 1 N–H and O–H groups in total. The molecule has 118 valence electrons. The number of imidazole rings is 1. The monoisotopic (exact) mass is 345 g/mol. The minimum atomic E-state index is -2.45. The number of anilines is 1. The fourth-order valence-electron chi connectivity index (χ4n) is 1.77. The molecule has 2 rings (SSSR count). The molecule has 22 heavy (non-hydrogen) atoms. The summed E-state index contributed by atoms with van der Waals surface area (Å²) in [6, 6.07) is 4.42. The number of halogens is 3. The van der Waals surface area contributed by atoms with E-state index in [1.807, 2.05) is 0 Å². The van der Waals surface area contributed by atoms with Crippen LogP contribution in [0.15, 0.2) is 41.8 Å². The van der Waals surface area contributed by atoms with Crippen LogP contribution in [0.25, 0.3) is 0 Å². The minimum Gasteiger partial charge on any atom is -0.325 e. The van der Waals surface area contributed by atoms with Crippen LogP contribution in [0.4, 0.5) is 14.5 Å². The summed E-state index contributed by atoms with van der Waals surface area (Å²) in [4.78, 5) is 16.6. The van der Waals surface area contributed by atoms with Gasteiger partial charge in [-0.2, -0.15) is 0 Å². The van der Waals surface area contributed by atoms with E-state index in [2.05, 4.69) is 10.3 Å². The molecule has 0 aliphatic rings. The summed E-state index contributed by atoms with van der Waals surface area (Å²) in [5.41, 5.74) is 0.426. The molecular formula is C14H14ClF2N3OS. The van der Waals surface area contributed by atoms with Crippen molar-refractivity contribution in [3.8, 4) is 0 Å². The summed E-state index contributed by atoms with van der Waals surface area (Å²) in [6.07, 6.45) is 2.34. The number of thioether (sulfide) groups is 1. The summed E-state index contributed by atoms with van der Waals surface area (Å²) in [6.45, 7) is 1.72. The molecule has 0 radical (unpaired) electrons. The highest BCUT2D eigenvalue weighted by atomic mass is 35.5. The molecule has 2 aromatic rings. The van der Waals surface area contributed by atoms with Crippen LogP contribution in [0.1, 0.15) is 13.0 Å². The Balaban J connectivity index is 2.15. The number of alkyl halides is 2. The second-order valence-corrected chi connectivity index (χ2v) is 5.93. The first kappa shape index (κ1) is 16.8. The van der Waals surface area contributed by atoms with Crippen LogP contribution in [-0.2, 0) is 4.79 Å². The largest absolute Gasteiger partial charge is 0.325 e. The number of rotatable bonds is 6. The van der Waals surface area contributed by atoms with E-state index in [1.54, 1.807) is 42.1 Å². The molecular weight excluding hydrogens is 332 g/mol. The molecule has 0 spiro atoms. The van der Waals surface area contributed by atoms with Gasteiger partial charge in [0.25, 0.3) is 0 Å². The highest BCUT2D eigenvalue weighted by Crippen LogP contribution is 2.35. The lowest BCUT2D eigenvalue weighted by Gasteiger charge is -2.16. The van der Waals surface area contributed by atoms with Crippen LogP contribution >= 0.6 is 23.4 Å². The molecule has 1 heterocycles. The van der Waals surface area contributed by atoms with E-state index < -0.39 is 12.5 Å². The first-order chi connectivity index (χ1) is 10.5. The van der Waals surface area contributed by atoms with E-state index in [1.165, 1.54) is 6.33 Å². The van der Waals surface area contributed by atoms with Gasteiger partial charge in [-0.1, -0.05) is 17.7 Å². The normalized spacial score (nSPS) is 12.4. The van der Waals surface area contributed by atoms with Gasteiger partial charge in [-0.3, -0.25) is 4.79 Å². The molecule has 0 aliphatic carbocycles. The Morgan fingerprint density at radius 2 is 2.27 bits per heavy atom. The molecule has 0 saturated heterocycles. The second kappa shape index (κ2) is 7.60. The zero-order valence-electron chi connectivity index (χ0n) is 11.7. The van der Waals surface area contributed by atoms with Gasteiger partial charge in [-0.15, -0.1) is 11.8 Å². The van der Waals surface area contributed by atoms with Crippen LogP contribution in [0.5, 0.6) is 0 Å². The summed E-state index contributed by atoms with van der Waals surface area (Å²) in [5.74, 6) is -0.664. The Morgan fingerprint density at radius 1 is 1.50 bits per heavy atom. The van der Waals surface area contributed by atoms with Crippen molar-refractivity contribution in [2.75, 3.05) is 11.1 Å². The third-order valence-corrected chi connectivity index (χ3v) is 4.50. The van der Waals surface area contributed by atoms with Crippen LogP contribution in [0, 0.1) is 0 Å². The van der Waals surface area contributed by atoms with Crippen molar-refractivity contribution in [2.45, 2.75) is 24.3 Å². The van der Waals surface area contributed by atoms with E-state index >= 15 is 0 Å². The fraction of sp³-hybridized carbons (Fsp3) is 0.286. The molecule has 1 aromatic heterocycles. The average molecular weight is 346 g/mol. The molecule has 0 unspecified atom stereocenters. The fourth-order valence-corrected chi connectivity index (χ4v) is 2.88. The van der Waals surface area contributed by atoms with Gasteiger partial charge in [0.15, 0.2) is 0 Å².